The monoisotopic (exact) mass is 270 g/mol. The molecule has 0 fully saturated rings. The normalized spacial score (nSPS) is 12.4. The summed E-state index contributed by atoms with van der Waals surface area (Å²) in [4.78, 5) is 17.3. The van der Waals surface area contributed by atoms with E-state index in [1.807, 2.05) is 13.8 Å². The summed E-state index contributed by atoms with van der Waals surface area (Å²) in [7, 11) is 0. The summed E-state index contributed by atoms with van der Waals surface area (Å²) < 4.78 is 5.22. The van der Waals surface area contributed by atoms with E-state index < -0.39 is 0 Å². The smallest absolute Gasteiger partial charge is 0.248 e. The SMILES string of the molecule is CCO[C@@H](C)C(=O)NCCCc1nc(C)c(C)s1. The molecule has 102 valence electrons. The van der Waals surface area contributed by atoms with Gasteiger partial charge in [-0.1, -0.05) is 0 Å². The van der Waals surface area contributed by atoms with Crippen molar-refractivity contribution in [3.63, 3.8) is 0 Å². The summed E-state index contributed by atoms with van der Waals surface area (Å²) in [6.45, 7) is 9.01. The lowest BCUT2D eigenvalue weighted by atomic mass is 10.3. The average molecular weight is 270 g/mol. The van der Waals surface area contributed by atoms with E-state index in [0.717, 1.165) is 23.5 Å². The van der Waals surface area contributed by atoms with Crippen LogP contribution in [0.1, 0.15) is 35.8 Å². The van der Waals surface area contributed by atoms with E-state index >= 15 is 0 Å². The second-order valence-corrected chi connectivity index (χ2v) is 5.53. The molecule has 4 nitrogen and oxygen atoms in total. The van der Waals surface area contributed by atoms with Crippen molar-refractivity contribution in [2.24, 2.45) is 0 Å². The van der Waals surface area contributed by atoms with Crippen LogP contribution in [0.4, 0.5) is 0 Å². The van der Waals surface area contributed by atoms with Gasteiger partial charge in [0, 0.05) is 24.4 Å². The molecule has 1 aromatic heterocycles. The Morgan fingerprint density at radius 3 is 2.78 bits per heavy atom. The molecule has 1 heterocycles. The first-order valence-electron chi connectivity index (χ1n) is 6.36. The van der Waals surface area contributed by atoms with Crippen molar-refractivity contribution in [1.29, 1.82) is 0 Å². The predicted molar refractivity (Wildman–Crippen MR) is 74.0 cm³/mol. The molecule has 1 atom stereocenters. The van der Waals surface area contributed by atoms with Crippen molar-refractivity contribution in [1.82, 2.24) is 10.3 Å². The summed E-state index contributed by atoms with van der Waals surface area (Å²) in [5.41, 5.74) is 1.11. The van der Waals surface area contributed by atoms with Crippen LogP contribution in [0, 0.1) is 13.8 Å². The lowest BCUT2D eigenvalue weighted by Crippen LogP contribution is -2.35. The quantitative estimate of drug-likeness (QED) is 0.773. The molecule has 5 heteroatoms. The van der Waals surface area contributed by atoms with Crippen molar-refractivity contribution in [3.05, 3.63) is 15.6 Å². The van der Waals surface area contributed by atoms with Crippen LogP contribution in [0.25, 0.3) is 0 Å². The van der Waals surface area contributed by atoms with Gasteiger partial charge in [-0.3, -0.25) is 4.79 Å². The van der Waals surface area contributed by atoms with Gasteiger partial charge in [-0.25, -0.2) is 4.98 Å². The van der Waals surface area contributed by atoms with E-state index in [2.05, 4.69) is 17.2 Å². The fraction of sp³-hybridized carbons (Fsp3) is 0.692. The molecule has 0 aliphatic rings. The molecule has 0 spiro atoms. The number of amides is 1. The fourth-order valence-corrected chi connectivity index (χ4v) is 2.54. The van der Waals surface area contributed by atoms with Gasteiger partial charge in [-0.05, 0) is 34.1 Å². The number of nitrogens with one attached hydrogen (secondary N) is 1. The van der Waals surface area contributed by atoms with Gasteiger partial charge in [0.25, 0.3) is 0 Å². The molecule has 0 saturated heterocycles. The number of thiazole rings is 1. The number of aromatic nitrogens is 1. The van der Waals surface area contributed by atoms with Crippen LogP contribution in [0.5, 0.6) is 0 Å². The highest BCUT2D eigenvalue weighted by Crippen LogP contribution is 2.17. The summed E-state index contributed by atoms with van der Waals surface area (Å²) in [5, 5.41) is 4.02. The van der Waals surface area contributed by atoms with Gasteiger partial charge in [0.15, 0.2) is 0 Å². The van der Waals surface area contributed by atoms with Crippen molar-refractivity contribution < 1.29 is 9.53 Å². The Morgan fingerprint density at radius 2 is 2.22 bits per heavy atom. The summed E-state index contributed by atoms with van der Waals surface area (Å²) >= 11 is 1.74. The molecule has 18 heavy (non-hydrogen) atoms. The third-order valence-electron chi connectivity index (χ3n) is 2.73. The number of nitrogens with zero attached hydrogens (tertiary/aromatic N) is 1. The minimum atomic E-state index is -0.362. The first-order valence-corrected chi connectivity index (χ1v) is 7.18. The molecule has 0 bridgehead atoms. The third-order valence-corrected chi connectivity index (χ3v) is 3.86. The average Bonchev–Trinajstić information content (AvgIpc) is 2.64. The lowest BCUT2D eigenvalue weighted by Gasteiger charge is -2.11. The highest BCUT2D eigenvalue weighted by molar-refractivity contribution is 7.11. The van der Waals surface area contributed by atoms with Crippen molar-refractivity contribution in [3.8, 4) is 0 Å². The van der Waals surface area contributed by atoms with Gasteiger partial charge in [-0.15, -0.1) is 11.3 Å². The number of ether oxygens (including phenoxy) is 1. The van der Waals surface area contributed by atoms with Crippen LogP contribution < -0.4 is 5.32 Å². The van der Waals surface area contributed by atoms with Gasteiger partial charge in [0.05, 0.1) is 10.7 Å². The largest absolute Gasteiger partial charge is 0.369 e. The van der Waals surface area contributed by atoms with E-state index in [0.29, 0.717) is 13.2 Å². The Balaban J connectivity index is 2.20. The topological polar surface area (TPSA) is 51.2 Å². The molecule has 0 aliphatic carbocycles. The van der Waals surface area contributed by atoms with Crippen LogP contribution in [0.15, 0.2) is 0 Å². The zero-order chi connectivity index (χ0) is 13.5. The van der Waals surface area contributed by atoms with Crippen molar-refractivity contribution in [2.75, 3.05) is 13.2 Å². The molecule has 1 N–H and O–H groups in total. The van der Waals surface area contributed by atoms with Gasteiger partial charge in [0.2, 0.25) is 5.91 Å². The summed E-state index contributed by atoms with van der Waals surface area (Å²) in [6.07, 6.45) is 1.47. The minimum Gasteiger partial charge on any atom is -0.369 e. The Bertz CT molecular complexity index is 371. The van der Waals surface area contributed by atoms with Crippen LogP contribution in [0.3, 0.4) is 0 Å². The molecule has 1 rings (SSSR count). The number of hydrogen-bond donors (Lipinski definition) is 1. The molecule has 0 aromatic carbocycles. The zero-order valence-electron chi connectivity index (χ0n) is 11.6. The molecule has 0 unspecified atom stereocenters. The number of hydrogen-bond acceptors (Lipinski definition) is 4. The summed E-state index contributed by atoms with van der Waals surface area (Å²) in [5.74, 6) is -0.0386. The van der Waals surface area contributed by atoms with Crippen molar-refractivity contribution >= 4 is 17.2 Å². The standard InChI is InChI=1S/C13H22N2O2S/c1-5-17-10(3)13(16)14-8-6-7-12-15-9(2)11(4)18-12/h10H,5-8H2,1-4H3,(H,14,16)/t10-/m0/s1. The molecule has 0 saturated carbocycles. The van der Waals surface area contributed by atoms with Crippen molar-refractivity contribution in [2.45, 2.75) is 46.6 Å². The first-order chi connectivity index (χ1) is 8.54. The van der Waals surface area contributed by atoms with Crippen LogP contribution >= 0.6 is 11.3 Å². The highest BCUT2D eigenvalue weighted by atomic mass is 32.1. The number of carbonyl (C=O) groups excluding carboxylic acids is 1. The molecule has 0 radical (unpaired) electrons. The molecule has 0 aliphatic heterocycles. The van der Waals surface area contributed by atoms with Gasteiger partial charge in [0.1, 0.15) is 6.10 Å². The van der Waals surface area contributed by atoms with Crippen LogP contribution in [-0.2, 0) is 16.0 Å². The fourth-order valence-electron chi connectivity index (χ4n) is 1.57. The van der Waals surface area contributed by atoms with E-state index in [9.17, 15) is 4.79 Å². The maximum atomic E-state index is 11.6. The molecular weight excluding hydrogens is 248 g/mol. The predicted octanol–water partition coefficient (Wildman–Crippen LogP) is 2.23. The molecule has 1 aromatic rings. The van der Waals surface area contributed by atoms with E-state index in [-0.39, 0.29) is 12.0 Å². The Kier molecular flexibility index (Phi) is 6.29. The van der Waals surface area contributed by atoms with Gasteiger partial charge >= 0.3 is 0 Å². The van der Waals surface area contributed by atoms with Crippen LogP contribution in [-0.4, -0.2) is 30.1 Å². The second kappa shape index (κ2) is 7.48. The Morgan fingerprint density at radius 1 is 1.50 bits per heavy atom. The molecule has 1 amide bonds. The first kappa shape index (κ1) is 15.1. The van der Waals surface area contributed by atoms with Gasteiger partial charge in [-0.2, -0.15) is 0 Å². The Labute approximate surface area is 113 Å². The number of rotatable bonds is 7. The maximum absolute atomic E-state index is 11.6. The van der Waals surface area contributed by atoms with Gasteiger partial charge < -0.3 is 10.1 Å². The summed E-state index contributed by atoms with van der Waals surface area (Å²) in [6, 6.07) is 0. The van der Waals surface area contributed by atoms with E-state index in [1.165, 1.54) is 4.88 Å². The lowest BCUT2D eigenvalue weighted by molar-refractivity contribution is -0.131. The third kappa shape index (κ3) is 4.74. The zero-order valence-corrected chi connectivity index (χ0v) is 12.4. The number of carbonyl (C=O) groups is 1. The Hall–Kier alpha value is -0.940. The molecular formula is C13H22N2O2S. The highest BCUT2D eigenvalue weighted by Gasteiger charge is 2.11. The second-order valence-electron chi connectivity index (χ2n) is 4.24. The van der Waals surface area contributed by atoms with E-state index in [1.54, 1.807) is 18.3 Å². The minimum absolute atomic E-state index is 0.0386. The maximum Gasteiger partial charge on any atom is 0.248 e. The van der Waals surface area contributed by atoms with Crippen LogP contribution in [0.2, 0.25) is 0 Å². The van der Waals surface area contributed by atoms with E-state index in [4.69, 9.17) is 4.74 Å². The number of aryl methyl sites for hydroxylation is 3.